The van der Waals surface area contributed by atoms with Gasteiger partial charge in [0.1, 0.15) is 12.2 Å². The Morgan fingerprint density at radius 1 is 1.15 bits per heavy atom. The smallest absolute Gasteiger partial charge is 0.410 e. The van der Waals surface area contributed by atoms with Crippen molar-refractivity contribution in [3.8, 4) is 0 Å². The molecule has 1 fully saturated rings. The predicted molar refractivity (Wildman–Crippen MR) is 72.2 cm³/mol. The number of nitrogens with zero attached hydrogens (tertiary/aromatic N) is 1. The Balaban J connectivity index is 2.38. The first-order valence-electron chi connectivity index (χ1n) is 6.83. The molecule has 0 spiro atoms. The average molecular weight is 285 g/mol. The second kappa shape index (κ2) is 6.72. The van der Waals surface area contributed by atoms with E-state index in [1.54, 1.807) is 4.90 Å². The number of esters is 1. The lowest BCUT2D eigenvalue weighted by molar-refractivity contribution is -0.153. The summed E-state index contributed by atoms with van der Waals surface area (Å²) in [6.07, 6.45) is 0.722. The molecular weight excluding hydrogens is 262 g/mol. The Kier molecular flexibility index (Phi) is 5.53. The zero-order chi connectivity index (χ0) is 15.3. The Morgan fingerprint density at radius 3 is 2.15 bits per heavy atom. The maximum atomic E-state index is 11.8. The van der Waals surface area contributed by atoms with Gasteiger partial charge in [-0.1, -0.05) is 0 Å². The van der Waals surface area contributed by atoms with Crippen LogP contribution in [0.15, 0.2) is 0 Å². The Hall–Kier alpha value is -1.59. The molecule has 114 valence electrons. The highest BCUT2D eigenvalue weighted by molar-refractivity contribution is 5.81. The summed E-state index contributed by atoms with van der Waals surface area (Å²) >= 11 is 0. The molecule has 1 aliphatic heterocycles. The summed E-state index contributed by atoms with van der Waals surface area (Å²) in [5, 5.41) is 0. The van der Waals surface area contributed by atoms with Gasteiger partial charge in [-0.05, 0) is 40.5 Å². The molecule has 0 aromatic carbocycles. The molecular formula is C14H23NO5. The van der Waals surface area contributed by atoms with Gasteiger partial charge in [0.2, 0.25) is 0 Å². The zero-order valence-electron chi connectivity index (χ0n) is 12.6. The summed E-state index contributed by atoms with van der Waals surface area (Å²) in [4.78, 5) is 35.9. The molecule has 0 saturated carbocycles. The lowest BCUT2D eigenvalue weighted by Gasteiger charge is -2.32. The van der Waals surface area contributed by atoms with E-state index in [9.17, 15) is 14.4 Å². The van der Waals surface area contributed by atoms with Crippen molar-refractivity contribution < 1.29 is 23.9 Å². The number of hydrogen-bond donors (Lipinski definition) is 0. The summed E-state index contributed by atoms with van der Waals surface area (Å²) in [5.74, 6) is -0.776. The highest BCUT2D eigenvalue weighted by Gasteiger charge is 2.30. The van der Waals surface area contributed by atoms with Crippen molar-refractivity contribution in [3.05, 3.63) is 0 Å². The molecule has 0 aromatic rings. The Morgan fingerprint density at radius 2 is 1.70 bits per heavy atom. The molecule has 0 radical (unpaired) electrons. The van der Waals surface area contributed by atoms with Crippen molar-refractivity contribution in [1.82, 2.24) is 4.90 Å². The number of carbonyl (C=O) groups excluding carboxylic acids is 3. The highest BCUT2D eigenvalue weighted by atomic mass is 16.6. The molecule has 1 amide bonds. The normalized spacial score (nSPS) is 16.7. The molecule has 0 aromatic heterocycles. The third-order valence-electron chi connectivity index (χ3n) is 2.90. The summed E-state index contributed by atoms with van der Waals surface area (Å²) in [6.45, 7) is 7.58. The standard InChI is InChI=1S/C14H23NO5/c1-10(16)9-19-12(17)11-5-7-15(8-6-11)13(18)20-14(2,3)4/h11H,5-9H2,1-4H3. The predicted octanol–water partition coefficient (Wildman–Crippen LogP) is 1.77. The van der Waals surface area contributed by atoms with Gasteiger partial charge in [-0.15, -0.1) is 0 Å². The third-order valence-corrected chi connectivity index (χ3v) is 2.90. The van der Waals surface area contributed by atoms with Crippen LogP contribution in [0.3, 0.4) is 0 Å². The Bertz CT molecular complexity index is 378. The fourth-order valence-electron chi connectivity index (χ4n) is 1.91. The number of ether oxygens (including phenoxy) is 2. The van der Waals surface area contributed by atoms with Crippen molar-refractivity contribution in [2.75, 3.05) is 19.7 Å². The SMILES string of the molecule is CC(=O)COC(=O)C1CCN(C(=O)OC(C)(C)C)CC1. The molecule has 6 heteroatoms. The first-order valence-corrected chi connectivity index (χ1v) is 6.83. The maximum absolute atomic E-state index is 11.8. The van der Waals surface area contributed by atoms with Gasteiger partial charge < -0.3 is 14.4 Å². The number of carbonyl (C=O) groups is 3. The van der Waals surface area contributed by atoms with Gasteiger partial charge in [0.25, 0.3) is 0 Å². The lowest BCUT2D eigenvalue weighted by Crippen LogP contribution is -2.43. The fourth-order valence-corrected chi connectivity index (χ4v) is 1.91. The van der Waals surface area contributed by atoms with Gasteiger partial charge in [-0.25, -0.2) is 4.79 Å². The summed E-state index contributed by atoms with van der Waals surface area (Å²) in [5.41, 5.74) is -0.519. The zero-order valence-corrected chi connectivity index (χ0v) is 12.6. The molecule has 6 nitrogen and oxygen atoms in total. The van der Waals surface area contributed by atoms with Crippen molar-refractivity contribution in [2.45, 2.75) is 46.1 Å². The second-order valence-corrected chi connectivity index (χ2v) is 6.05. The summed E-state index contributed by atoms with van der Waals surface area (Å²) in [7, 11) is 0. The molecule has 0 bridgehead atoms. The largest absolute Gasteiger partial charge is 0.457 e. The van der Waals surface area contributed by atoms with Gasteiger partial charge in [-0.3, -0.25) is 9.59 Å². The average Bonchev–Trinajstić information content (AvgIpc) is 2.34. The monoisotopic (exact) mass is 285 g/mol. The lowest BCUT2D eigenvalue weighted by atomic mass is 9.97. The molecule has 0 unspecified atom stereocenters. The molecule has 1 rings (SSSR count). The number of ketones is 1. The van der Waals surface area contributed by atoms with Crippen LogP contribution in [-0.4, -0.2) is 48.0 Å². The Labute approximate surface area is 119 Å². The van der Waals surface area contributed by atoms with Crippen molar-refractivity contribution in [3.63, 3.8) is 0 Å². The van der Waals surface area contributed by atoms with E-state index in [4.69, 9.17) is 9.47 Å². The van der Waals surface area contributed by atoms with Gasteiger partial charge in [0.15, 0.2) is 5.78 Å². The molecule has 0 aliphatic carbocycles. The van der Waals surface area contributed by atoms with Crippen LogP contribution in [0.25, 0.3) is 0 Å². The summed E-state index contributed by atoms with van der Waals surface area (Å²) < 4.78 is 10.2. The van der Waals surface area contributed by atoms with Crippen LogP contribution in [0.4, 0.5) is 4.79 Å². The molecule has 1 heterocycles. The fraction of sp³-hybridized carbons (Fsp3) is 0.786. The van der Waals surface area contributed by atoms with Crippen LogP contribution in [0, 0.1) is 5.92 Å². The number of Topliss-reactive ketones (excluding diaryl/α,β-unsaturated/α-hetero) is 1. The van der Waals surface area contributed by atoms with E-state index in [-0.39, 0.29) is 30.4 Å². The van der Waals surface area contributed by atoms with Crippen LogP contribution in [-0.2, 0) is 19.1 Å². The summed E-state index contributed by atoms with van der Waals surface area (Å²) in [6, 6.07) is 0. The number of rotatable bonds is 3. The minimum absolute atomic E-state index is 0.175. The van der Waals surface area contributed by atoms with Gasteiger partial charge in [0, 0.05) is 13.1 Å². The van der Waals surface area contributed by atoms with Crippen LogP contribution < -0.4 is 0 Å². The van der Waals surface area contributed by atoms with Gasteiger partial charge in [0.05, 0.1) is 5.92 Å². The second-order valence-electron chi connectivity index (χ2n) is 6.05. The maximum Gasteiger partial charge on any atom is 0.410 e. The first kappa shape index (κ1) is 16.5. The van der Waals surface area contributed by atoms with E-state index < -0.39 is 5.60 Å². The van der Waals surface area contributed by atoms with Crippen molar-refractivity contribution in [1.29, 1.82) is 0 Å². The molecule has 0 atom stereocenters. The van der Waals surface area contributed by atoms with E-state index in [2.05, 4.69) is 0 Å². The van der Waals surface area contributed by atoms with E-state index in [1.165, 1.54) is 6.92 Å². The first-order chi connectivity index (χ1) is 9.19. The molecule has 0 N–H and O–H groups in total. The van der Waals surface area contributed by atoms with Crippen molar-refractivity contribution in [2.24, 2.45) is 5.92 Å². The molecule has 1 saturated heterocycles. The molecule has 1 aliphatic rings. The minimum atomic E-state index is -0.519. The topological polar surface area (TPSA) is 72.9 Å². The van der Waals surface area contributed by atoms with E-state index >= 15 is 0 Å². The van der Waals surface area contributed by atoms with Gasteiger partial charge >= 0.3 is 12.1 Å². The molecule has 20 heavy (non-hydrogen) atoms. The van der Waals surface area contributed by atoms with Crippen LogP contribution in [0.2, 0.25) is 0 Å². The quantitative estimate of drug-likeness (QED) is 0.739. The number of hydrogen-bond acceptors (Lipinski definition) is 5. The van der Waals surface area contributed by atoms with E-state index in [1.807, 2.05) is 20.8 Å². The number of likely N-dealkylation sites (tertiary alicyclic amines) is 1. The number of amides is 1. The third kappa shape index (κ3) is 5.59. The van der Waals surface area contributed by atoms with Crippen LogP contribution in [0.5, 0.6) is 0 Å². The van der Waals surface area contributed by atoms with Gasteiger partial charge in [-0.2, -0.15) is 0 Å². The van der Waals surface area contributed by atoms with E-state index in [0.29, 0.717) is 25.9 Å². The van der Waals surface area contributed by atoms with Crippen LogP contribution >= 0.6 is 0 Å². The number of piperidine rings is 1. The van der Waals surface area contributed by atoms with E-state index in [0.717, 1.165) is 0 Å². The minimum Gasteiger partial charge on any atom is -0.457 e. The van der Waals surface area contributed by atoms with Crippen molar-refractivity contribution >= 4 is 17.8 Å². The van der Waals surface area contributed by atoms with Crippen LogP contribution in [0.1, 0.15) is 40.5 Å². The highest BCUT2D eigenvalue weighted by Crippen LogP contribution is 2.20.